The van der Waals surface area contributed by atoms with Gasteiger partial charge in [-0.25, -0.2) is 9.36 Å². The van der Waals surface area contributed by atoms with Gasteiger partial charge < -0.3 is 9.64 Å². The van der Waals surface area contributed by atoms with Crippen molar-refractivity contribution < 1.29 is 9.53 Å². The zero-order chi connectivity index (χ0) is 19.8. The van der Waals surface area contributed by atoms with Gasteiger partial charge in [0.1, 0.15) is 6.61 Å². The summed E-state index contributed by atoms with van der Waals surface area (Å²) in [7, 11) is 1.81. The molecule has 2 aliphatic heterocycles. The highest BCUT2D eigenvalue weighted by Crippen LogP contribution is 2.19. The predicted octanol–water partition coefficient (Wildman–Crippen LogP) is -0.165. The van der Waals surface area contributed by atoms with Gasteiger partial charge in [0, 0.05) is 50.9 Å². The number of likely N-dealkylation sites (N-methyl/N-ethyl adjacent to an activating group) is 1. The Morgan fingerprint density at radius 2 is 1.89 bits per heavy atom. The molecule has 2 fully saturated rings. The Morgan fingerprint density at radius 3 is 2.57 bits per heavy atom. The van der Waals surface area contributed by atoms with E-state index in [-0.39, 0.29) is 24.2 Å². The number of hydrogen-bond donors (Lipinski definition) is 0. The number of rotatable bonds is 5. The van der Waals surface area contributed by atoms with Crippen molar-refractivity contribution in [3.05, 3.63) is 39.9 Å². The molecule has 0 N–H and O–H groups in total. The van der Waals surface area contributed by atoms with Crippen LogP contribution in [0.15, 0.2) is 23.0 Å². The van der Waals surface area contributed by atoms with E-state index in [2.05, 4.69) is 15.1 Å². The molecule has 1 amide bonds. The molecule has 0 aromatic carbocycles. The van der Waals surface area contributed by atoms with Gasteiger partial charge in [0.25, 0.3) is 5.56 Å². The summed E-state index contributed by atoms with van der Waals surface area (Å²) in [6.45, 7) is 7.90. The summed E-state index contributed by atoms with van der Waals surface area (Å²) in [6.07, 6.45) is 0.0545. The second-order valence-electron chi connectivity index (χ2n) is 7.84. The number of likely N-dealkylation sites (tertiary alicyclic amines) is 1. The highest BCUT2D eigenvalue weighted by molar-refractivity contribution is 5.77. The second-order valence-corrected chi connectivity index (χ2v) is 7.84. The fourth-order valence-electron chi connectivity index (χ4n) is 3.89. The average Bonchev–Trinajstić information content (AvgIpc) is 2.96. The fraction of sp³-hybridized carbons (Fsp3) is 0.579. The number of nitrogens with zero attached hydrogens (tertiary/aromatic N) is 6. The zero-order valence-electron chi connectivity index (χ0n) is 16.5. The summed E-state index contributed by atoms with van der Waals surface area (Å²) in [6, 6.07) is 5.25. The molecule has 1 unspecified atom stereocenters. The molecule has 0 spiro atoms. The van der Waals surface area contributed by atoms with Gasteiger partial charge >= 0.3 is 0 Å². The highest BCUT2D eigenvalue weighted by atomic mass is 16.5. The summed E-state index contributed by atoms with van der Waals surface area (Å²) in [4.78, 5) is 27.7. The maximum Gasteiger partial charge on any atom is 0.266 e. The zero-order valence-corrected chi connectivity index (χ0v) is 16.5. The number of ether oxygens (including phenoxy) is 1. The van der Waals surface area contributed by atoms with E-state index in [9.17, 15) is 9.59 Å². The molecule has 4 heterocycles. The van der Waals surface area contributed by atoms with Crippen LogP contribution in [0.2, 0.25) is 0 Å². The van der Waals surface area contributed by atoms with Crippen LogP contribution in [0, 0.1) is 19.8 Å². The molecule has 9 nitrogen and oxygen atoms in total. The van der Waals surface area contributed by atoms with Crippen molar-refractivity contribution in [2.24, 2.45) is 5.92 Å². The van der Waals surface area contributed by atoms with Crippen LogP contribution in [0.3, 0.4) is 0 Å². The van der Waals surface area contributed by atoms with E-state index in [0.29, 0.717) is 24.8 Å². The average molecular weight is 386 g/mol. The van der Waals surface area contributed by atoms with E-state index in [1.165, 1.54) is 4.68 Å². The summed E-state index contributed by atoms with van der Waals surface area (Å²) in [5, 5.41) is 8.96. The van der Waals surface area contributed by atoms with E-state index in [1.54, 1.807) is 21.7 Å². The number of morpholine rings is 1. The van der Waals surface area contributed by atoms with Crippen molar-refractivity contribution in [2.75, 3.05) is 39.8 Å². The Bertz CT molecular complexity index is 930. The van der Waals surface area contributed by atoms with Crippen molar-refractivity contribution in [3.8, 4) is 5.82 Å². The summed E-state index contributed by atoms with van der Waals surface area (Å²) < 4.78 is 8.91. The molecule has 4 rings (SSSR count). The molecule has 1 atom stereocenters. The van der Waals surface area contributed by atoms with Crippen molar-refractivity contribution in [1.82, 2.24) is 29.4 Å². The molecular weight excluding hydrogens is 360 g/mol. The molecule has 0 bridgehead atoms. The molecule has 0 aliphatic carbocycles. The molecule has 2 aromatic rings. The molecule has 9 heteroatoms. The molecule has 2 saturated heterocycles. The first-order chi connectivity index (χ1) is 13.4. The minimum Gasteiger partial charge on any atom is -0.365 e. The first-order valence-corrected chi connectivity index (χ1v) is 9.59. The van der Waals surface area contributed by atoms with E-state index in [0.717, 1.165) is 31.0 Å². The van der Waals surface area contributed by atoms with E-state index in [1.807, 2.05) is 27.0 Å². The predicted molar refractivity (Wildman–Crippen MR) is 102 cm³/mol. The Morgan fingerprint density at radius 1 is 1.11 bits per heavy atom. The normalized spacial score (nSPS) is 21.2. The summed E-state index contributed by atoms with van der Waals surface area (Å²) >= 11 is 0. The summed E-state index contributed by atoms with van der Waals surface area (Å²) in [5.41, 5.74) is 1.81. The monoisotopic (exact) mass is 386 g/mol. The van der Waals surface area contributed by atoms with Crippen molar-refractivity contribution in [2.45, 2.75) is 26.5 Å². The van der Waals surface area contributed by atoms with E-state index >= 15 is 0 Å². The molecule has 0 radical (unpaired) electrons. The number of carbonyl (C=O) groups is 1. The van der Waals surface area contributed by atoms with Crippen molar-refractivity contribution >= 4 is 5.91 Å². The van der Waals surface area contributed by atoms with Crippen molar-refractivity contribution in [3.63, 3.8) is 0 Å². The Labute approximate surface area is 163 Å². The van der Waals surface area contributed by atoms with Crippen LogP contribution in [0.25, 0.3) is 5.82 Å². The van der Waals surface area contributed by atoms with Crippen molar-refractivity contribution in [1.29, 1.82) is 0 Å². The van der Waals surface area contributed by atoms with Crippen LogP contribution in [0.5, 0.6) is 0 Å². The largest absolute Gasteiger partial charge is 0.365 e. The maximum absolute atomic E-state index is 12.2. The van der Waals surface area contributed by atoms with Gasteiger partial charge in [-0.1, -0.05) is 0 Å². The van der Waals surface area contributed by atoms with Crippen LogP contribution in [-0.4, -0.2) is 81.2 Å². The standard InChI is InChI=1S/C19H26N6O3/c1-13-6-14(2)25(20-13)17-4-5-18(26)24(21-17)9-15-7-23(8-15)11-16-10-22(3)19(27)12-28-16/h4-6,15-16H,7-12H2,1-3H3. The van der Waals surface area contributed by atoms with Crippen LogP contribution < -0.4 is 5.56 Å². The van der Waals surface area contributed by atoms with Crippen LogP contribution >= 0.6 is 0 Å². The lowest BCUT2D eigenvalue weighted by Crippen LogP contribution is -2.55. The number of amides is 1. The molecule has 2 aromatic heterocycles. The third-order valence-electron chi connectivity index (χ3n) is 5.35. The van der Waals surface area contributed by atoms with Gasteiger partial charge in [-0.15, -0.1) is 5.10 Å². The lowest BCUT2D eigenvalue weighted by Gasteiger charge is -2.42. The topological polar surface area (TPSA) is 85.5 Å². The number of aromatic nitrogens is 4. The lowest BCUT2D eigenvalue weighted by molar-refractivity contribution is -0.148. The first-order valence-electron chi connectivity index (χ1n) is 9.59. The SMILES string of the molecule is Cc1cc(C)n(-c2ccc(=O)n(CC3CN(CC4CN(C)C(=O)CO4)C3)n2)n1. The Balaban J connectivity index is 1.35. The van der Waals surface area contributed by atoms with Gasteiger partial charge in [0.15, 0.2) is 5.82 Å². The third-order valence-corrected chi connectivity index (χ3v) is 5.35. The van der Waals surface area contributed by atoms with Gasteiger partial charge in [0.2, 0.25) is 5.91 Å². The molecule has 28 heavy (non-hydrogen) atoms. The molecule has 0 saturated carbocycles. The molecular formula is C19H26N6O3. The van der Waals surface area contributed by atoms with Gasteiger partial charge in [-0.2, -0.15) is 5.10 Å². The Kier molecular flexibility index (Phi) is 5.03. The number of carbonyl (C=O) groups excluding carboxylic acids is 1. The Hall–Kier alpha value is -2.52. The minimum atomic E-state index is -0.0977. The van der Waals surface area contributed by atoms with Gasteiger partial charge in [-0.05, 0) is 26.0 Å². The minimum absolute atomic E-state index is 0.0330. The summed E-state index contributed by atoms with van der Waals surface area (Å²) in [5.74, 6) is 1.07. The van der Waals surface area contributed by atoms with E-state index < -0.39 is 0 Å². The van der Waals surface area contributed by atoms with Crippen LogP contribution in [0.1, 0.15) is 11.4 Å². The molecule has 150 valence electrons. The second kappa shape index (κ2) is 7.48. The van der Waals surface area contributed by atoms with Crippen LogP contribution in [0.4, 0.5) is 0 Å². The molecule has 2 aliphatic rings. The smallest absolute Gasteiger partial charge is 0.266 e. The fourth-order valence-corrected chi connectivity index (χ4v) is 3.89. The van der Waals surface area contributed by atoms with Crippen LogP contribution in [-0.2, 0) is 16.1 Å². The third kappa shape index (κ3) is 3.85. The van der Waals surface area contributed by atoms with Gasteiger partial charge in [0.05, 0.1) is 18.3 Å². The first kappa shape index (κ1) is 18.8. The lowest BCUT2D eigenvalue weighted by atomic mass is 9.99. The van der Waals surface area contributed by atoms with E-state index in [4.69, 9.17) is 4.74 Å². The number of aryl methyl sites for hydroxylation is 2. The van der Waals surface area contributed by atoms with Gasteiger partial charge in [-0.3, -0.25) is 14.5 Å². The number of hydrogen-bond acceptors (Lipinski definition) is 6. The maximum atomic E-state index is 12.2. The quantitative estimate of drug-likeness (QED) is 0.710. The highest BCUT2D eigenvalue weighted by Gasteiger charge is 2.32.